The third-order valence-corrected chi connectivity index (χ3v) is 5.13. The lowest BCUT2D eigenvalue weighted by atomic mass is 10.1. The molecule has 0 unspecified atom stereocenters. The Balaban J connectivity index is 1.37. The number of ether oxygens (including phenoxy) is 3. The zero-order valence-electron chi connectivity index (χ0n) is 16.4. The summed E-state index contributed by atoms with van der Waals surface area (Å²) in [6.07, 6.45) is -1.80. The summed E-state index contributed by atoms with van der Waals surface area (Å²) in [5.74, 6) is 0.890. The number of amides is 1. The zero-order valence-corrected chi connectivity index (χ0v) is 16.4. The fourth-order valence-corrected chi connectivity index (χ4v) is 3.64. The van der Waals surface area contributed by atoms with Gasteiger partial charge >= 0.3 is 6.09 Å². The molecular formula is C19H23N5O5. The van der Waals surface area contributed by atoms with E-state index in [1.165, 1.54) is 6.92 Å². The van der Waals surface area contributed by atoms with Gasteiger partial charge in [-0.3, -0.25) is 10.1 Å². The molecule has 1 amide bonds. The van der Waals surface area contributed by atoms with Crippen LogP contribution in [0.15, 0.2) is 24.3 Å². The minimum Gasteiger partial charge on any atom is -0.441 e. The van der Waals surface area contributed by atoms with Crippen LogP contribution in [-0.2, 0) is 14.2 Å². The molecule has 29 heavy (non-hydrogen) atoms. The number of hydrogen-bond donors (Lipinski definition) is 1. The average Bonchev–Trinajstić information content (AvgIpc) is 3.39. The summed E-state index contributed by atoms with van der Waals surface area (Å²) in [7, 11) is 0. The molecule has 2 saturated heterocycles. The van der Waals surface area contributed by atoms with Crippen molar-refractivity contribution in [1.29, 1.82) is 0 Å². The third-order valence-electron chi connectivity index (χ3n) is 5.13. The van der Waals surface area contributed by atoms with E-state index in [0.717, 1.165) is 5.82 Å². The lowest BCUT2D eigenvalue weighted by Crippen LogP contribution is -2.35. The smallest absolute Gasteiger partial charge is 0.412 e. The highest BCUT2D eigenvalue weighted by molar-refractivity contribution is 5.94. The number of hydrogen-bond acceptors (Lipinski definition) is 8. The topological polar surface area (TPSA) is 117 Å². The zero-order chi connectivity index (χ0) is 20.5. The molecule has 4 atom stereocenters. The molecule has 0 saturated carbocycles. The predicted molar refractivity (Wildman–Crippen MR) is 101 cm³/mol. The van der Waals surface area contributed by atoms with Crippen LogP contribution in [0.3, 0.4) is 0 Å². The largest absolute Gasteiger partial charge is 0.441 e. The van der Waals surface area contributed by atoms with E-state index >= 15 is 0 Å². The first-order valence-corrected chi connectivity index (χ1v) is 9.53. The Kier molecular flexibility index (Phi) is 5.29. The van der Waals surface area contributed by atoms with Gasteiger partial charge in [0.25, 0.3) is 0 Å². The normalized spacial score (nSPS) is 25.8. The van der Waals surface area contributed by atoms with E-state index < -0.39 is 12.2 Å². The van der Waals surface area contributed by atoms with Crippen LogP contribution in [0, 0.1) is 0 Å². The van der Waals surface area contributed by atoms with Crippen LogP contribution in [0.5, 0.6) is 0 Å². The van der Waals surface area contributed by atoms with Gasteiger partial charge in [0.05, 0.1) is 13.2 Å². The molecule has 4 rings (SSSR count). The fraction of sp³-hybridized carbons (Fsp3) is 0.526. The Labute approximate surface area is 167 Å². The second-order valence-corrected chi connectivity index (χ2v) is 7.50. The summed E-state index contributed by atoms with van der Waals surface area (Å²) < 4.78 is 19.0. The van der Waals surface area contributed by atoms with Gasteiger partial charge in [-0.05, 0) is 41.6 Å². The third kappa shape index (κ3) is 3.85. The number of nitrogens with zero attached hydrogens (tertiary/aromatic N) is 4. The van der Waals surface area contributed by atoms with Crippen LogP contribution in [0.25, 0.3) is 0 Å². The van der Waals surface area contributed by atoms with Gasteiger partial charge in [0.1, 0.15) is 18.2 Å². The lowest BCUT2D eigenvalue weighted by Gasteiger charge is -2.18. The maximum absolute atomic E-state index is 12.3. The van der Waals surface area contributed by atoms with Crippen molar-refractivity contribution in [2.45, 2.75) is 51.0 Å². The van der Waals surface area contributed by atoms with Crippen LogP contribution in [0.1, 0.15) is 48.9 Å². The highest BCUT2D eigenvalue weighted by Gasteiger charge is 2.51. The van der Waals surface area contributed by atoms with Crippen molar-refractivity contribution in [3.63, 3.8) is 0 Å². The van der Waals surface area contributed by atoms with Gasteiger partial charge in [-0.15, -0.1) is 5.10 Å². The molecule has 1 aromatic heterocycles. The lowest BCUT2D eigenvalue weighted by molar-refractivity contribution is 0.00763. The maximum atomic E-state index is 12.3. The summed E-state index contributed by atoms with van der Waals surface area (Å²) in [5, 5.41) is 14.6. The second kappa shape index (κ2) is 7.88. The van der Waals surface area contributed by atoms with Gasteiger partial charge < -0.3 is 14.2 Å². The van der Waals surface area contributed by atoms with Crippen molar-refractivity contribution >= 4 is 17.6 Å². The summed E-state index contributed by atoms with van der Waals surface area (Å²) in [6.45, 7) is 6.14. The Hall–Kier alpha value is -2.85. The first-order chi connectivity index (χ1) is 13.9. The van der Waals surface area contributed by atoms with Gasteiger partial charge in [0.15, 0.2) is 17.7 Å². The molecule has 10 heteroatoms. The monoisotopic (exact) mass is 401 g/mol. The molecule has 154 valence electrons. The maximum Gasteiger partial charge on any atom is 0.412 e. The number of tetrazole rings is 1. The molecule has 2 fully saturated rings. The number of fused-ring (bicyclic) bond motifs is 1. The summed E-state index contributed by atoms with van der Waals surface area (Å²) in [4.78, 5) is 23.6. The van der Waals surface area contributed by atoms with Gasteiger partial charge in [0.2, 0.25) is 0 Å². The molecule has 1 N–H and O–H groups in total. The first kappa shape index (κ1) is 19.5. The quantitative estimate of drug-likeness (QED) is 0.756. The second-order valence-electron chi connectivity index (χ2n) is 7.50. The number of carbonyl (C=O) groups excluding carboxylic acids is 2. The minimum absolute atomic E-state index is 0.0376. The average molecular weight is 401 g/mol. The number of carbonyl (C=O) groups is 2. The number of aromatic nitrogens is 4. The van der Waals surface area contributed by atoms with Crippen molar-refractivity contribution < 1.29 is 23.8 Å². The van der Waals surface area contributed by atoms with Crippen LogP contribution >= 0.6 is 0 Å². The molecular weight excluding hydrogens is 378 g/mol. The van der Waals surface area contributed by atoms with Crippen LogP contribution in [0.4, 0.5) is 10.5 Å². The van der Waals surface area contributed by atoms with Gasteiger partial charge in [-0.25, -0.2) is 9.48 Å². The van der Waals surface area contributed by atoms with Crippen molar-refractivity contribution in [3.8, 4) is 0 Å². The molecule has 0 radical (unpaired) electrons. The number of benzene rings is 1. The molecule has 10 nitrogen and oxygen atoms in total. The van der Waals surface area contributed by atoms with Crippen molar-refractivity contribution in [3.05, 3.63) is 35.7 Å². The predicted octanol–water partition coefficient (Wildman–Crippen LogP) is 1.96. The van der Waals surface area contributed by atoms with Gasteiger partial charge in [-0.2, -0.15) is 0 Å². The van der Waals surface area contributed by atoms with Crippen molar-refractivity contribution in [2.24, 2.45) is 0 Å². The van der Waals surface area contributed by atoms with E-state index in [0.29, 0.717) is 17.9 Å². The van der Waals surface area contributed by atoms with E-state index in [2.05, 4.69) is 20.8 Å². The SMILES string of the molecule is CC(=O)c1ccc(NC(=O)O[C@@H]2CO[C@H]3[C@@H]2OC[C@@H]3n2nnnc2C(C)C)cc1. The van der Waals surface area contributed by atoms with E-state index in [1.807, 2.05) is 13.8 Å². The van der Waals surface area contributed by atoms with Gasteiger partial charge in [0, 0.05) is 17.2 Å². The molecule has 0 bridgehead atoms. The van der Waals surface area contributed by atoms with Crippen molar-refractivity contribution in [2.75, 3.05) is 18.5 Å². The Bertz CT molecular complexity index is 897. The number of nitrogens with one attached hydrogen (secondary N) is 1. The summed E-state index contributed by atoms with van der Waals surface area (Å²) in [5.41, 5.74) is 1.11. The highest BCUT2D eigenvalue weighted by Crippen LogP contribution is 2.36. The van der Waals surface area contributed by atoms with Crippen LogP contribution < -0.4 is 5.32 Å². The molecule has 0 spiro atoms. The number of anilines is 1. The fourth-order valence-electron chi connectivity index (χ4n) is 3.64. The van der Waals surface area contributed by atoms with E-state index in [4.69, 9.17) is 14.2 Å². The minimum atomic E-state index is -0.604. The van der Waals surface area contributed by atoms with E-state index in [1.54, 1.807) is 28.9 Å². The molecule has 1 aromatic carbocycles. The molecule has 2 aliphatic rings. The highest BCUT2D eigenvalue weighted by atomic mass is 16.6. The summed E-state index contributed by atoms with van der Waals surface area (Å²) in [6, 6.07) is 6.44. The van der Waals surface area contributed by atoms with E-state index in [9.17, 15) is 9.59 Å². The Morgan fingerprint density at radius 2 is 1.90 bits per heavy atom. The van der Waals surface area contributed by atoms with Crippen molar-refractivity contribution in [1.82, 2.24) is 20.2 Å². The molecule has 3 heterocycles. The Morgan fingerprint density at radius 3 is 2.59 bits per heavy atom. The number of rotatable bonds is 5. The Morgan fingerprint density at radius 1 is 1.17 bits per heavy atom. The van der Waals surface area contributed by atoms with Crippen LogP contribution in [-0.4, -0.2) is 63.6 Å². The standard InChI is InChI=1S/C19H23N5O5/c1-10(2)18-21-22-23-24(18)14-8-27-17-15(9-28-16(14)17)29-19(26)20-13-6-4-12(5-7-13)11(3)25/h4-7,10,14-17H,8-9H2,1-3H3,(H,20,26)/t14-,15+,16+,17+/m0/s1. The summed E-state index contributed by atoms with van der Waals surface area (Å²) >= 11 is 0. The van der Waals surface area contributed by atoms with E-state index in [-0.39, 0.29) is 36.6 Å². The molecule has 2 aliphatic heterocycles. The first-order valence-electron chi connectivity index (χ1n) is 9.53. The number of Topliss-reactive ketones (excluding diaryl/α,β-unsaturated/α-hetero) is 1. The van der Waals surface area contributed by atoms with Crippen LogP contribution in [0.2, 0.25) is 0 Å². The van der Waals surface area contributed by atoms with Gasteiger partial charge in [-0.1, -0.05) is 13.8 Å². The molecule has 0 aliphatic carbocycles. The number of ketones is 1. The molecule has 2 aromatic rings.